The summed E-state index contributed by atoms with van der Waals surface area (Å²) in [5.41, 5.74) is -0.583. The maximum absolute atomic E-state index is 11.2. The quantitative estimate of drug-likeness (QED) is 0.692. The van der Waals surface area contributed by atoms with Crippen molar-refractivity contribution >= 4 is 11.9 Å². The lowest BCUT2D eigenvalue weighted by molar-refractivity contribution is -0.144. The minimum Gasteiger partial charge on any atom is -0.481 e. The number of rotatable bonds is 3. The van der Waals surface area contributed by atoms with Crippen molar-refractivity contribution in [1.29, 1.82) is 0 Å². The summed E-state index contributed by atoms with van der Waals surface area (Å²) in [6.07, 6.45) is 2.93. The first-order valence-electron chi connectivity index (χ1n) is 4.65. The van der Waals surface area contributed by atoms with E-state index in [1.807, 2.05) is 0 Å². The molecule has 1 saturated heterocycles. The molecule has 0 aromatic carbocycles. The highest BCUT2D eigenvalue weighted by Gasteiger charge is 2.52. The van der Waals surface area contributed by atoms with Gasteiger partial charge in [-0.15, -0.1) is 0 Å². The van der Waals surface area contributed by atoms with Crippen LogP contribution in [-0.4, -0.2) is 35.0 Å². The summed E-state index contributed by atoms with van der Waals surface area (Å²) in [5, 5.41) is 8.91. The average Bonchev–Trinajstić information content (AvgIpc) is 2.74. The summed E-state index contributed by atoms with van der Waals surface area (Å²) in [6.45, 7) is 1.18. The van der Waals surface area contributed by atoms with Crippen LogP contribution in [0.25, 0.3) is 0 Å². The number of carbonyl (C=O) groups is 2. The first-order chi connectivity index (χ1) is 6.14. The number of carboxylic acids is 1. The molecule has 2 fully saturated rings. The second-order valence-electron chi connectivity index (χ2n) is 4.00. The van der Waals surface area contributed by atoms with Crippen LogP contribution in [0.5, 0.6) is 0 Å². The standard InChI is InChI=1S/C9H13NO3/c11-7-2-1-5-10(7)6-9(3-4-9)8(12)13/h1-6H2,(H,12,13). The molecular formula is C9H13NO3. The first-order valence-corrected chi connectivity index (χ1v) is 4.65. The molecule has 1 saturated carbocycles. The van der Waals surface area contributed by atoms with Gasteiger partial charge in [-0.25, -0.2) is 0 Å². The molecule has 4 heteroatoms. The lowest BCUT2D eigenvalue weighted by Crippen LogP contribution is -2.35. The third kappa shape index (κ3) is 1.41. The third-order valence-electron chi connectivity index (χ3n) is 2.97. The zero-order chi connectivity index (χ0) is 9.47. The van der Waals surface area contributed by atoms with Crippen LogP contribution in [0.15, 0.2) is 0 Å². The molecule has 1 amide bonds. The van der Waals surface area contributed by atoms with E-state index in [9.17, 15) is 9.59 Å². The van der Waals surface area contributed by atoms with Crippen molar-refractivity contribution in [3.05, 3.63) is 0 Å². The summed E-state index contributed by atoms with van der Waals surface area (Å²) < 4.78 is 0. The molecule has 0 aromatic rings. The fraction of sp³-hybridized carbons (Fsp3) is 0.778. The highest BCUT2D eigenvalue weighted by Crippen LogP contribution is 2.46. The molecule has 0 spiro atoms. The Kier molecular flexibility index (Phi) is 1.78. The van der Waals surface area contributed by atoms with E-state index in [2.05, 4.69) is 0 Å². The number of hydrogen-bond acceptors (Lipinski definition) is 2. The molecule has 2 rings (SSSR count). The van der Waals surface area contributed by atoms with Gasteiger partial charge in [-0.3, -0.25) is 9.59 Å². The maximum Gasteiger partial charge on any atom is 0.311 e. The van der Waals surface area contributed by atoms with E-state index < -0.39 is 11.4 Å². The van der Waals surface area contributed by atoms with Gasteiger partial charge in [0.1, 0.15) is 0 Å². The molecule has 4 nitrogen and oxygen atoms in total. The van der Waals surface area contributed by atoms with Crippen LogP contribution >= 0.6 is 0 Å². The van der Waals surface area contributed by atoms with Crippen LogP contribution in [0.2, 0.25) is 0 Å². The fourth-order valence-electron chi connectivity index (χ4n) is 1.83. The molecule has 72 valence electrons. The monoisotopic (exact) mass is 183 g/mol. The highest BCUT2D eigenvalue weighted by molar-refractivity contribution is 5.81. The van der Waals surface area contributed by atoms with Crippen LogP contribution in [0, 0.1) is 5.41 Å². The third-order valence-corrected chi connectivity index (χ3v) is 2.97. The molecule has 0 radical (unpaired) electrons. The van der Waals surface area contributed by atoms with Crippen molar-refractivity contribution in [2.45, 2.75) is 25.7 Å². The van der Waals surface area contributed by atoms with Gasteiger partial charge in [-0.2, -0.15) is 0 Å². The number of likely N-dealkylation sites (tertiary alicyclic amines) is 1. The maximum atomic E-state index is 11.2. The number of amides is 1. The molecule has 1 heterocycles. The Morgan fingerprint density at radius 3 is 2.62 bits per heavy atom. The lowest BCUT2D eigenvalue weighted by Gasteiger charge is -2.19. The van der Waals surface area contributed by atoms with Crippen molar-refractivity contribution in [2.75, 3.05) is 13.1 Å². The number of carbonyl (C=O) groups excluding carboxylic acids is 1. The van der Waals surface area contributed by atoms with Crippen LogP contribution in [0.1, 0.15) is 25.7 Å². The van der Waals surface area contributed by atoms with Crippen molar-refractivity contribution in [3.8, 4) is 0 Å². The molecule has 0 atom stereocenters. The molecule has 1 aliphatic carbocycles. The summed E-state index contributed by atoms with van der Waals surface area (Å²) in [5.74, 6) is -0.625. The van der Waals surface area contributed by atoms with Gasteiger partial charge in [0.2, 0.25) is 5.91 Å². The number of nitrogens with zero attached hydrogens (tertiary/aromatic N) is 1. The van der Waals surface area contributed by atoms with Crippen LogP contribution < -0.4 is 0 Å². The highest BCUT2D eigenvalue weighted by atomic mass is 16.4. The van der Waals surface area contributed by atoms with Gasteiger partial charge < -0.3 is 10.0 Å². The van der Waals surface area contributed by atoms with E-state index in [0.29, 0.717) is 13.0 Å². The number of carboxylic acid groups (broad SMARTS) is 1. The van der Waals surface area contributed by atoms with Gasteiger partial charge in [-0.1, -0.05) is 0 Å². The normalized spacial score (nSPS) is 24.9. The lowest BCUT2D eigenvalue weighted by atomic mass is 10.1. The number of hydrogen-bond donors (Lipinski definition) is 1. The Morgan fingerprint density at radius 1 is 1.54 bits per heavy atom. The first kappa shape index (κ1) is 8.53. The van der Waals surface area contributed by atoms with Crippen molar-refractivity contribution in [2.24, 2.45) is 5.41 Å². The van der Waals surface area contributed by atoms with Crippen LogP contribution in [-0.2, 0) is 9.59 Å². The molecule has 0 bridgehead atoms. The van der Waals surface area contributed by atoms with Gasteiger partial charge >= 0.3 is 5.97 Å². The Morgan fingerprint density at radius 2 is 2.23 bits per heavy atom. The van der Waals surface area contributed by atoms with Gasteiger partial charge in [-0.05, 0) is 19.3 Å². The van der Waals surface area contributed by atoms with E-state index in [0.717, 1.165) is 25.8 Å². The minimum absolute atomic E-state index is 0.118. The Bertz CT molecular complexity index is 258. The summed E-state index contributed by atoms with van der Waals surface area (Å²) in [6, 6.07) is 0. The molecule has 1 aliphatic heterocycles. The zero-order valence-corrected chi connectivity index (χ0v) is 7.45. The topological polar surface area (TPSA) is 57.6 Å². The van der Waals surface area contributed by atoms with Gasteiger partial charge in [0, 0.05) is 19.5 Å². The second-order valence-corrected chi connectivity index (χ2v) is 4.00. The average molecular weight is 183 g/mol. The SMILES string of the molecule is O=C1CCCN1CC1(C(=O)O)CC1. The second kappa shape index (κ2) is 2.72. The molecule has 2 aliphatic rings. The van der Waals surface area contributed by atoms with E-state index >= 15 is 0 Å². The Balaban J connectivity index is 1.97. The molecule has 13 heavy (non-hydrogen) atoms. The van der Waals surface area contributed by atoms with E-state index in [1.54, 1.807) is 4.90 Å². The van der Waals surface area contributed by atoms with Crippen LogP contribution in [0.3, 0.4) is 0 Å². The van der Waals surface area contributed by atoms with Crippen molar-refractivity contribution in [3.63, 3.8) is 0 Å². The predicted molar refractivity (Wildman–Crippen MR) is 45.1 cm³/mol. The summed E-state index contributed by atoms with van der Waals surface area (Å²) in [7, 11) is 0. The van der Waals surface area contributed by atoms with Gasteiger partial charge in [0.15, 0.2) is 0 Å². The van der Waals surface area contributed by atoms with E-state index in [-0.39, 0.29) is 5.91 Å². The minimum atomic E-state index is -0.743. The Hall–Kier alpha value is -1.06. The summed E-state index contributed by atoms with van der Waals surface area (Å²) >= 11 is 0. The van der Waals surface area contributed by atoms with Crippen molar-refractivity contribution in [1.82, 2.24) is 4.90 Å². The van der Waals surface area contributed by atoms with Crippen LogP contribution in [0.4, 0.5) is 0 Å². The van der Waals surface area contributed by atoms with Crippen molar-refractivity contribution < 1.29 is 14.7 Å². The smallest absolute Gasteiger partial charge is 0.311 e. The zero-order valence-electron chi connectivity index (χ0n) is 7.45. The number of aliphatic carboxylic acids is 1. The predicted octanol–water partition coefficient (Wildman–Crippen LogP) is 0.474. The molecule has 0 aromatic heterocycles. The van der Waals surface area contributed by atoms with Gasteiger partial charge in [0.05, 0.1) is 5.41 Å². The fourth-order valence-corrected chi connectivity index (χ4v) is 1.83. The van der Waals surface area contributed by atoms with Gasteiger partial charge in [0.25, 0.3) is 0 Å². The largest absolute Gasteiger partial charge is 0.481 e. The molecular weight excluding hydrogens is 170 g/mol. The van der Waals surface area contributed by atoms with E-state index in [4.69, 9.17) is 5.11 Å². The van der Waals surface area contributed by atoms with E-state index in [1.165, 1.54) is 0 Å². The summed E-state index contributed by atoms with van der Waals surface area (Å²) in [4.78, 5) is 23.8. The Labute approximate surface area is 76.5 Å². The molecule has 1 N–H and O–H groups in total. The molecule has 0 unspecified atom stereocenters.